The number of carbonyl (C=O) groups is 1. The van der Waals surface area contributed by atoms with Crippen LogP contribution in [0.1, 0.15) is 10.4 Å². The van der Waals surface area contributed by atoms with Crippen molar-refractivity contribution in [1.82, 2.24) is 9.55 Å². The quantitative estimate of drug-likeness (QED) is 0.380. The Morgan fingerprint density at radius 2 is 1.63 bits per heavy atom. The van der Waals surface area contributed by atoms with E-state index < -0.39 is 0 Å². The fourth-order valence-electron chi connectivity index (χ4n) is 2.88. The summed E-state index contributed by atoms with van der Waals surface area (Å²) in [6.45, 7) is 0. The molecule has 0 spiro atoms. The summed E-state index contributed by atoms with van der Waals surface area (Å²) in [6.07, 6.45) is 3.33. The summed E-state index contributed by atoms with van der Waals surface area (Å²) in [5.74, 6) is 0.339. The molecule has 0 radical (unpaired) electrons. The molecule has 0 saturated heterocycles. The lowest BCUT2D eigenvalue weighted by Crippen LogP contribution is -2.09. The number of benzene rings is 3. The summed E-state index contributed by atoms with van der Waals surface area (Å²) in [6, 6.07) is 22.4. The van der Waals surface area contributed by atoms with E-state index in [1.54, 1.807) is 34.9 Å². The molecule has 0 unspecified atom stereocenters. The Hall–Kier alpha value is -2.88. The number of rotatable bonds is 3. The minimum atomic E-state index is -0.186. The molecule has 4 rings (SSSR count). The predicted molar refractivity (Wildman–Crippen MR) is 111 cm³/mol. The molecule has 0 bridgehead atoms. The van der Waals surface area contributed by atoms with Crippen LogP contribution < -0.4 is 0 Å². The van der Waals surface area contributed by atoms with Gasteiger partial charge in [-0.25, -0.2) is 4.98 Å². The molecular formula is C22H14Cl2N2O. The van der Waals surface area contributed by atoms with Crippen molar-refractivity contribution in [2.75, 3.05) is 0 Å². The van der Waals surface area contributed by atoms with Gasteiger partial charge >= 0.3 is 0 Å². The molecule has 0 aliphatic carbocycles. The van der Waals surface area contributed by atoms with Crippen LogP contribution in [0.25, 0.3) is 28.5 Å². The van der Waals surface area contributed by atoms with Gasteiger partial charge in [-0.1, -0.05) is 65.7 Å². The highest BCUT2D eigenvalue weighted by atomic mass is 35.5. The average Bonchev–Trinajstić information content (AvgIpc) is 3.08. The third-order valence-corrected chi connectivity index (χ3v) is 4.92. The van der Waals surface area contributed by atoms with Crippen molar-refractivity contribution in [3.8, 4) is 11.4 Å². The maximum atomic E-state index is 13.0. The lowest BCUT2D eigenvalue weighted by molar-refractivity contribution is 0.0976. The summed E-state index contributed by atoms with van der Waals surface area (Å²) < 4.78 is 1.59. The SMILES string of the molecule is O=C(/C=C/c1ccccc1)n1c(-c2ccc(Cl)c(Cl)c2)nc2ccccc21. The van der Waals surface area contributed by atoms with Crippen molar-refractivity contribution in [2.45, 2.75) is 0 Å². The van der Waals surface area contributed by atoms with Crippen molar-refractivity contribution >= 4 is 46.2 Å². The van der Waals surface area contributed by atoms with Crippen LogP contribution in [0.2, 0.25) is 10.0 Å². The molecule has 1 aromatic heterocycles. The molecular weight excluding hydrogens is 379 g/mol. The van der Waals surface area contributed by atoms with Crippen LogP contribution in [0.3, 0.4) is 0 Å². The first-order valence-electron chi connectivity index (χ1n) is 8.34. The standard InChI is InChI=1S/C22H14Cl2N2O/c23-17-12-11-16(14-18(17)24)22-25-19-8-4-5-9-20(19)26(22)21(27)13-10-15-6-2-1-3-7-15/h1-14H/b13-10+. The summed E-state index contributed by atoms with van der Waals surface area (Å²) in [5, 5.41) is 0.874. The summed E-state index contributed by atoms with van der Waals surface area (Å²) in [4.78, 5) is 17.7. The first-order valence-corrected chi connectivity index (χ1v) is 9.09. The second-order valence-corrected chi connectivity index (χ2v) is 6.79. The fraction of sp³-hybridized carbons (Fsp3) is 0. The van der Waals surface area contributed by atoms with Gasteiger partial charge in [-0.3, -0.25) is 9.36 Å². The van der Waals surface area contributed by atoms with E-state index >= 15 is 0 Å². The van der Waals surface area contributed by atoms with Crippen LogP contribution in [0.5, 0.6) is 0 Å². The molecule has 5 heteroatoms. The van der Waals surface area contributed by atoms with Crippen LogP contribution in [0, 0.1) is 0 Å². The Labute approximate surface area is 166 Å². The molecule has 132 valence electrons. The Bertz CT molecular complexity index is 1160. The summed E-state index contributed by atoms with van der Waals surface area (Å²) in [7, 11) is 0. The zero-order valence-electron chi connectivity index (χ0n) is 14.1. The van der Waals surface area contributed by atoms with Gasteiger partial charge in [-0.05, 0) is 42.0 Å². The van der Waals surface area contributed by atoms with Crippen LogP contribution in [0.4, 0.5) is 0 Å². The number of aromatic nitrogens is 2. The lowest BCUT2D eigenvalue weighted by Gasteiger charge is -2.06. The highest BCUT2D eigenvalue weighted by Gasteiger charge is 2.17. The molecule has 0 amide bonds. The molecule has 1 heterocycles. The number of hydrogen-bond acceptors (Lipinski definition) is 2. The minimum absolute atomic E-state index is 0.186. The van der Waals surface area contributed by atoms with Crippen molar-refractivity contribution in [1.29, 1.82) is 0 Å². The van der Waals surface area contributed by atoms with Gasteiger partial charge in [0.05, 0.1) is 21.1 Å². The number of para-hydroxylation sites is 2. The van der Waals surface area contributed by atoms with E-state index in [2.05, 4.69) is 4.98 Å². The number of nitrogens with zero attached hydrogens (tertiary/aromatic N) is 2. The molecule has 0 fully saturated rings. The van der Waals surface area contributed by atoms with Crippen molar-refractivity contribution in [3.05, 3.63) is 94.5 Å². The Kier molecular flexibility index (Phi) is 4.80. The molecule has 4 aromatic rings. The van der Waals surface area contributed by atoms with E-state index in [1.807, 2.05) is 54.6 Å². The third-order valence-electron chi connectivity index (χ3n) is 4.18. The topological polar surface area (TPSA) is 34.9 Å². The number of imidazole rings is 1. The Morgan fingerprint density at radius 3 is 2.41 bits per heavy atom. The molecule has 0 aliphatic rings. The molecule has 27 heavy (non-hydrogen) atoms. The monoisotopic (exact) mass is 392 g/mol. The summed E-state index contributed by atoms with van der Waals surface area (Å²) in [5.41, 5.74) is 3.15. The van der Waals surface area contributed by atoms with Gasteiger partial charge in [0.2, 0.25) is 0 Å². The highest BCUT2D eigenvalue weighted by molar-refractivity contribution is 6.42. The first kappa shape index (κ1) is 17.5. The molecule has 0 atom stereocenters. The Morgan fingerprint density at radius 1 is 0.889 bits per heavy atom. The van der Waals surface area contributed by atoms with Crippen molar-refractivity contribution < 1.29 is 4.79 Å². The van der Waals surface area contributed by atoms with Gasteiger partial charge < -0.3 is 0 Å². The maximum absolute atomic E-state index is 13.0. The van der Waals surface area contributed by atoms with Gasteiger partial charge in [0.25, 0.3) is 5.91 Å². The second-order valence-electron chi connectivity index (χ2n) is 5.97. The van der Waals surface area contributed by atoms with Gasteiger partial charge in [0, 0.05) is 11.6 Å². The van der Waals surface area contributed by atoms with E-state index in [4.69, 9.17) is 23.2 Å². The van der Waals surface area contributed by atoms with E-state index in [9.17, 15) is 4.79 Å². The highest BCUT2D eigenvalue weighted by Crippen LogP contribution is 2.30. The molecule has 0 saturated carbocycles. The smallest absolute Gasteiger partial charge is 0.256 e. The van der Waals surface area contributed by atoms with E-state index in [1.165, 1.54) is 0 Å². The zero-order chi connectivity index (χ0) is 18.8. The fourth-order valence-corrected chi connectivity index (χ4v) is 3.18. The van der Waals surface area contributed by atoms with Gasteiger partial charge in [0.15, 0.2) is 0 Å². The van der Waals surface area contributed by atoms with E-state index in [0.717, 1.165) is 22.2 Å². The summed E-state index contributed by atoms with van der Waals surface area (Å²) >= 11 is 12.2. The minimum Gasteiger partial charge on any atom is -0.269 e. The number of allylic oxidation sites excluding steroid dienone is 1. The first-order chi connectivity index (χ1) is 13.1. The molecule has 0 N–H and O–H groups in total. The van der Waals surface area contributed by atoms with E-state index in [0.29, 0.717) is 15.9 Å². The third kappa shape index (κ3) is 3.52. The Balaban J connectivity index is 1.84. The largest absolute Gasteiger partial charge is 0.269 e. The normalized spacial score (nSPS) is 11.3. The van der Waals surface area contributed by atoms with Crippen LogP contribution in [-0.2, 0) is 0 Å². The molecule has 0 aliphatic heterocycles. The number of halogens is 2. The van der Waals surface area contributed by atoms with Crippen LogP contribution in [-0.4, -0.2) is 15.5 Å². The number of fused-ring (bicyclic) bond motifs is 1. The van der Waals surface area contributed by atoms with Gasteiger partial charge in [-0.15, -0.1) is 0 Å². The lowest BCUT2D eigenvalue weighted by atomic mass is 10.2. The maximum Gasteiger partial charge on any atom is 0.256 e. The predicted octanol–water partition coefficient (Wildman–Crippen LogP) is 6.36. The van der Waals surface area contributed by atoms with Crippen LogP contribution in [0.15, 0.2) is 78.9 Å². The average molecular weight is 393 g/mol. The van der Waals surface area contributed by atoms with Crippen molar-refractivity contribution in [2.24, 2.45) is 0 Å². The number of hydrogen-bond donors (Lipinski definition) is 0. The molecule has 3 nitrogen and oxygen atoms in total. The van der Waals surface area contributed by atoms with E-state index in [-0.39, 0.29) is 5.91 Å². The number of carbonyl (C=O) groups excluding carboxylic acids is 1. The second kappa shape index (κ2) is 7.39. The van der Waals surface area contributed by atoms with Gasteiger partial charge in [-0.2, -0.15) is 0 Å². The van der Waals surface area contributed by atoms with Crippen molar-refractivity contribution in [3.63, 3.8) is 0 Å². The van der Waals surface area contributed by atoms with Crippen LogP contribution >= 0.6 is 23.2 Å². The van der Waals surface area contributed by atoms with Gasteiger partial charge in [0.1, 0.15) is 5.82 Å². The molecule has 3 aromatic carbocycles. The zero-order valence-corrected chi connectivity index (χ0v) is 15.7.